The SMILES string of the molecule is OCC12CN(Cc3cnc(N4CCOCC4)nc3)CC1CN(Cc1ccn[nH]1)C2. The number of aromatic nitrogens is 4. The number of nitrogens with zero attached hydrogens (tertiary/aromatic N) is 6. The van der Waals surface area contributed by atoms with Crippen LogP contribution < -0.4 is 4.90 Å². The number of aliphatic hydroxyl groups excluding tert-OH is 1. The second-order valence-corrected chi connectivity index (χ2v) is 8.63. The van der Waals surface area contributed by atoms with E-state index in [4.69, 9.17) is 4.74 Å². The van der Waals surface area contributed by atoms with Crippen LogP contribution >= 0.6 is 0 Å². The molecule has 0 amide bonds. The van der Waals surface area contributed by atoms with E-state index in [1.807, 2.05) is 18.5 Å². The maximum atomic E-state index is 10.2. The second-order valence-electron chi connectivity index (χ2n) is 8.63. The molecule has 3 aliphatic heterocycles. The number of fused-ring (bicyclic) bond motifs is 1. The molecule has 5 heterocycles. The van der Waals surface area contributed by atoms with E-state index in [0.29, 0.717) is 5.92 Å². The summed E-state index contributed by atoms with van der Waals surface area (Å²) in [4.78, 5) is 16.2. The number of anilines is 1. The van der Waals surface area contributed by atoms with E-state index in [9.17, 15) is 5.11 Å². The molecular weight excluding hydrogens is 370 g/mol. The molecule has 9 heteroatoms. The highest BCUT2D eigenvalue weighted by molar-refractivity contribution is 5.30. The van der Waals surface area contributed by atoms with Gasteiger partial charge in [0.1, 0.15) is 0 Å². The summed E-state index contributed by atoms with van der Waals surface area (Å²) >= 11 is 0. The molecule has 0 aromatic carbocycles. The van der Waals surface area contributed by atoms with Crippen molar-refractivity contribution in [3.05, 3.63) is 35.9 Å². The van der Waals surface area contributed by atoms with E-state index in [0.717, 1.165) is 82.8 Å². The van der Waals surface area contributed by atoms with E-state index in [2.05, 4.69) is 34.9 Å². The normalized spacial score (nSPS) is 28.2. The minimum absolute atomic E-state index is 0.0331. The topological polar surface area (TPSA) is 93.6 Å². The predicted octanol–water partition coefficient (Wildman–Crippen LogP) is -0.0374. The van der Waals surface area contributed by atoms with E-state index >= 15 is 0 Å². The van der Waals surface area contributed by atoms with Crippen LogP contribution in [-0.4, -0.2) is 94.2 Å². The summed E-state index contributed by atoms with van der Waals surface area (Å²) in [5.74, 6) is 1.28. The highest BCUT2D eigenvalue weighted by atomic mass is 16.5. The van der Waals surface area contributed by atoms with Crippen molar-refractivity contribution in [2.45, 2.75) is 13.1 Å². The minimum Gasteiger partial charge on any atom is -0.396 e. The van der Waals surface area contributed by atoms with Crippen molar-refractivity contribution in [2.75, 3.05) is 64.0 Å². The number of ether oxygens (including phenoxy) is 1. The van der Waals surface area contributed by atoms with Gasteiger partial charge in [0, 0.05) is 87.6 Å². The van der Waals surface area contributed by atoms with Crippen molar-refractivity contribution in [1.29, 1.82) is 0 Å². The van der Waals surface area contributed by atoms with Crippen molar-refractivity contribution in [2.24, 2.45) is 11.3 Å². The summed E-state index contributed by atoms with van der Waals surface area (Å²) in [7, 11) is 0. The van der Waals surface area contributed by atoms with Gasteiger partial charge in [0.25, 0.3) is 0 Å². The maximum absolute atomic E-state index is 10.2. The summed E-state index contributed by atoms with van der Waals surface area (Å²) in [5, 5.41) is 17.3. The molecule has 2 aromatic heterocycles. The third-order valence-corrected chi connectivity index (χ3v) is 6.56. The zero-order valence-electron chi connectivity index (χ0n) is 16.7. The fourth-order valence-corrected chi connectivity index (χ4v) is 5.09. The predicted molar refractivity (Wildman–Crippen MR) is 107 cm³/mol. The number of hydrogen-bond donors (Lipinski definition) is 2. The Morgan fingerprint density at radius 1 is 1.10 bits per heavy atom. The molecule has 2 N–H and O–H groups in total. The Morgan fingerprint density at radius 3 is 2.45 bits per heavy atom. The molecule has 0 bridgehead atoms. The van der Waals surface area contributed by atoms with Gasteiger partial charge in [-0.25, -0.2) is 9.97 Å². The number of hydrogen-bond acceptors (Lipinski definition) is 8. The third-order valence-electron chi connectivity index (χ3n) is 6.56. The molecule has 0 aliphatic carbocycles. The molecule has 29 heavy (non-hydrogen) atoms. The Balaban J connectivity index is 1.19. The molecule has 0 spiro atoms. The largest absolute Gasteiger partial charge is 0.396 e. The summed E-state index contributed by atoms with van der Waals surface area (Å²) < 4.78 is 5.39. The van der Waals surface area contributed by atoms with Crippen LogP contribution in [0, 0.1) is 11.3 Å². The lowest BCUT2D eigenvalue weighted by atomic mass is 9.82. The zero-order chi connectivity index (χ0) is 19.7. The molecule has 5 rings (SSSR count). The average molecular weight is 399 g/mol. The van der Waals surface area contributed by atoms with E-state index in [1.165, 1.54) is 0 Å². The van der Waals surface area contributed by atoms with Crippen LogP contribution in [0.25, 0.3) is 0 Å². The molecule has 2 unspecified atom stereocenters. The number of nitrogens with one attached hydrogen (secondary N) is 1. The number of H-pyrrole nitrogens is 1. The molecule has 3 aliphatic rings. The fraction of sp³-hybridized carbons (Fsp3) is 0.650. The first-order valence-corrected chi connectivity index (χ1v) is 10.4. The summed E-state index contributed by atoms with van der Waals surface area (Å²) in [6, 6.07) is 2.02. The van der Waals surface area contributed by atoms with Crippen molar-refractivity contribution in [1.82, 2.24) is 30.0 Å². The van der Waals surface area contributed by atoms with Crippen LogP contribution in [0.5, 0.6) is 0 Å². The fourth-order valence-electron chi connectivity index (χ4n) is 5.09. The minimum atomic E-state index is -0.0331. The van der Waals surface area contributed by atoms with Gasteiger partial charge in [-0.1, -0.05) is 0 Å². The van der Waals surface area contributed by atoms with Crippen LogP contribution in [0.3, 0.4) is 0 Å². The molecule has 156 valence electrons. The summed E-state index contributed by atoms with van der Waals surface area (Å²) in [6.07, 6.45) is 5.69. The number of aromatic amines is 1. The molecule has 9 nitrogen and oxygen atoms in total. The van der Waals surface area contributed by atoms with Crippen molar-refractivity contribution in [3.63, 3.8) is 0 Å². The Kier molecular flexibility index (Phi) is 5.21. The Bertz CT molecular complexity index is 794. The van der Waals surface area contributed by atoms with Gasteiger partial charge in [-0.3, -0.25) is 14.9 Å². The standard InChI is InChI=1S/C20H29N7O2/c28-15-20-13-25(10-17(20)11-26(14-20)12-18-1-2-23-24-18)9-16-7-21-19(22-8-16)27-3-5-29-6-4-27/h1-2,7-8,17,28H,3-6,9-15H2,(H,23,24). The molecule has 3 fully saturated rings. The third kappa shape index (κ3) is 3.87. The van der Waals surface area contributed by atoms with Gasteiger partial charge in [-0.05, 0) is 12.0 Å². The average Bonchev–Trinajstić information content (AvgIpc) is 3.45. The van der Waals surface area contributed by atoms with Gasteiger partial charge in [0.15, 0.2) is 0 Å². The Morgan fingerprint density at radius 2 is 1.83 bits per heavy atom. The number of morpholine rings is 1. The quantitative estimate of drug-likeness (QED) is 0.699. The smallest absolute Gasteiger partial charge is 0.225 e. The molecular formula is C20H29N7O2. The summed E-state index contributed by atoms with van der Waals surface area (Å²) in [5.41, 5.74) is 2.23. The van der Waals surface area contributed by atoms with Gasteiger partial charge >= 0.3 is 0 Å². The van der Waals surface area contributed by atoms with E-state index in [1.54, 1.807) is 6.20 Å². The first-order valence-electron chi connectivity index (χ1n) is 10.4. The second kappa shape index (κ2) is 7.98. The first kappa shape index (κ1) is 18.9. The highest BCUT2D eigenvalue weighted by Gasteiger charge is 2.51. The monoisotopic (exact) mass is 399 g/mol. The Labute approximate surface area is 170 Å². The molecule has 2 aromatic rings. The van der Waals surface area contributed by atoms with Gasteiger partial charge in [-0.15, -0.1) is 0 Å². The van der Waals surface area contributed by atoms with Crippen LogP contribution in [0.2, 0.25) is 0 Å². The summed E-state index contributed by atoms with van der Waals surface area (Å²) in [6.45, 7) is 8.98. The van der Waals surface area contributed by atoms with Crippen LogP contribution in [0.15, 0.2) is 24.7 Å². The lowest BCUT2D eigenvalue weighted by molar-refractivity contribution is 0.110. The van der Waals surface area contributed by atoms with Crippen LogP contribution in [0.1, 0.15) is 11.3 Å². The van der Waals surface area contributed by atoms with Crippen LogP contribution in [0.4, 0.5) is 5.95 Å². The molecule has 0 saturated carbocycles. The van der Waals surface area contributed by atoms with Crippen molar-refractivity contribution >= 4 is 5.95 Å². The number of rotatable bonds is 6. The van der Waals surface area contributed by atoms with Gasteiger partial charge < -0.3 is 14.7 Å². The molecule has 3 saturated heterocycles. The van der Waals surface area contributed by atoms with Gasteiger partial charge in [0.05, 0.1) is 19.8 Å². The van der Waals surface area contributed by atoms with Gasteiger partial charge in [-0.2, -0.15) is 5.10 Å². The van der Waals surface area contributed by atoms with Crippen molar-refractivity contribution < 1.29 is 9.84 Å². The number of aliphatic hydroxyl groups is 1. The van der Waals surface area contributed by atoms with Crippen molar-refractivity contribution in [3.8, 4) is 0 Å². The van der Waals surface area contributed by atoms with E-state index < -0.39 is 0 Å². The molecule has 0 radical (unpaired) electrons. The molecule has 2 atom stereocenters. The zero-order valence-corrected chi connectivity index (χ0v) is 16.7. The lowest BCUT2D eigenvalue weighted by Gasteiger charge is -2.28. The van der Waals surface area contributed by atoms with E-state index in [-0.39, 0.29) is 12.0 Å². The Hall–Kier alpha value is -2.07. The van der Waals surface area contributed by atoms with Gasteiger partial charge in [0.2, 0.25) is 5.95 Å². The lowest BCUT2D eigenvalue weighted by Crippen LogP contribution is -2.37. The first-order chi connectivity index (χ1) is 14.2. The maximum Gasteiger partial charge on any atom is 0.225 e. The van der Waals surface area contributed by atoms with Crippen LogP contribution in [-0.2, 0) is 17.8 Å². The highest BCUT2D eigenvalue weighted by Crippen LogP contribution is 2.42. The number of likely N-dealkylation sites (tertiary alicyclic amines) is 2.